The lowest BCUT2D eigenvalue weighted by atomic mass is 10.1. The van der Waals surface area contributed by atoms with Crippen molar-refractivity contribution in [2.45, 2.75) is 6.04 Å². The van der Waals surface area contributed by atoms with Crippen LogP contribution in [0.3, 0.4) is 0 Å². The van der Waals surface area contributed by atoms with Crippen LogP contribution in [0, 0.1) is 11.6 Å². The zero-order chi connectivity index (χ0) is 17.0. The molecular weight excluding hydrogens is 308 g/mol. The molecule has 0 saturated carbocycles. The molecule has 1 saturated heterocycles. The van der Waals surface area contributed by atoms with E-state index in [1.165, 1.54) is 23.0 Å². The van der Waals surface area contributed by atoms with Gasteiger partial charge in [0.1, 0.15) is 23.2 Å². The number of benzene rings is 1. The Hall–Kier alpha value is -2.06. The molecule has 2 N–H and O–H groups in total. The summed E-state index contributed by atoms with van der Waals surface area (Å²) in [7, 11) is 1.45. The first-order valence-corrected chi connectivity index (χ1v) is 7.22. The highest BCUT2D eigenvalue weighted by molar-refractivity contribution is 5.95. The van der Waals surface area contributed by atoms with Gasteiger partial charge in [-0.2, -0.15) is 0 Å². The van der Waals surface area contributed by atoms with E-state index in [0.717, 1.165) is 12.1 Å². The predicted octanol–water partition coefficient (Wildman–Crippen LogP) is 0.223. The lowest BCUT2D eigenvalue weighted by Crippen LogP contribution is -2.55. The Balaban J connectivity index is 1.99. The molecule has 0 aromatic heterocycles. The average Bonchev–Trinajstić information content (AvgIpc) is 2.54. The van der Waals surface area contributed by atoms with Gasteiger partial charge >= 0.3 is 0 Å². The molecule has 0 aliphatic carbocycles. The number of hydrogen-bond donors (Lipinski definition) is 1. The number of methoxy groups -OCH3 is 1. The van der Waals surface area contributed by atoms with Gasteiger partial charge in [0.15, 0.2) is 0 Å². The maximum atomic E-state index is 13.7. The number of carbonyl (C=O) groups is 2. The van der Waals surface area contributed by atoms with Crippen LogP contribution in [0.4, 0.5) is 8.78 Å². The molecule has 1 aliphatic heterocycles. The summed E-state index contributed by atoms with van der Waals surface area (Å²) in [6.45, 7) is 1.02. The van der Waals surface area contributed by atoms with E-state index in [4.69, 9.17) is 10.5 Å². The van der Waals surface area contributed by atoms with Crippen molar-refractivity contribution in [2.24, 2.45) is 5.73 Å². The van der Waals surface area contributed by atoms with Gasteiger partial charge in [-0.25, -0.2) is 8.78 Å². The van der Waals surface area contributed by atoms with Gasteiger partial charge in [-0.05, 0) is 12.1 Å². The van der Waals surface area contributed by atoms with Crippen LogP contribution in [-0.4, -0.2) is 67.6 Å². The summed E-state index contributed by atoms with van der Waals surface area (Å²) >= 11 is 0. The van der Waals surface area contributed by atoms with Crippen molar-refractivity contribution < 1.29 is 23.1 Å². The molecule has 1 aliphatic rings. The van der Waals surface area contributed by atoms with Gasteiger partial charge in [0.2, 0.25) is 5.91 Å². The van der Waals surface area contributed by atoms with Gasteiger partial charge in [-0.1, -0.05) is 6.07 Å². The minimum Gasteiger partial charge on any atom is -0.383 e. The third kappa shape index (κ3) is 3.83. The van der Waals surface area contributed by atoms with Crippen LogP contribution in [0.15, 0.2) is 18.2 Å². The zero-order valence-corrected chi connectivity index (χ0v) is 12.8. The molecule has 0 radical (unpaired) electrons. The van der Waals surface area contributed by atoms with Crippen LogP contribution in [0.2, 0.25) is 0 Å². The Bertz CT molecular complexity index is 569. The zero-order valence-electron chi connectivity index (χ0n) is 12.8. The first-order chi connectivity index (χ1) is 11.0. The van der Waals surface area contributed by atoms with Crippen LogP contribution in [0.1, 0.15) is 10.4 Å². The van der Waals surface area contributed by atoms with Crippen molar-refractivity contribution in [3.8, 4) is 0 Å². The summed E-state index contributed by atoms with van der Waals surface area (Å²) in [5.41, 5.74) is 5.12. The number of halogens is 2. The highest BCUT2D eigenvalue weighted by atomic mass is 19.1. The lowest BCUT2D eigenvalue weighted by Gasteiger charge is -2.35. The number of piperazine rings is 1. The van der Waals surface area contributed by atoms with E-state index in [1.807, 2.05) is 0 Å². The van der Waals surface area contributed by atoms with Gasteiger partial charge in [-0.3, -0.25) is 9.59 Å². The monoisotopic (exact) mass is 327 g/mol. The van der Waals surface area contributed by atoms with E-state index in [9.17, 15) is 18.4 Å². The summed E-state index contributed by atoms with van der Waals surface area (Å²) in [5.74, 6) is -2.77. The van der Waals surface area contributed by atoms with Gasteiger partial charge in [0.05, 0.1) is 6.61 Å². The van der Waals surface area contributed by atoms with Crippen molar-refractivity contribution >= 4 is 11.8 Å². The Morgan fingerprint density at radius 3 is 2.22 bits per heavy atom. The molecule has 126 valence electrons. The Morgan fingerprint density at radius 2 is 1.70 bits per heavy atom. The van der Waals surface area contributed by atoms with Gasteiger partial charge < -0.3 is 20.3 Å². The first kappa shape index (κ1) is 17.3. The van der Waals surface area contributed by atoms with Crippen molar-refractivity contribution in [2.75, 3.05) is 39.9 Å². The predicted molar refractivity (Wildman–Crippen MR) is 78.7 cm³/mol. The molecular formula is C15H19F2N3O3. The maximum Gasteiger partial charge on any atom is 0.259 e. The molecule has 0 bridgehead atoms. The third-order valence-corrected chi connectivity index (χ3v) is 3.72. The minimum atomic E-state index is -0.893. The molecule has 1 unspecified atom stereocenters. The van der Waals surface area contributed by atoms with Crippen molar-refractivity contribution in [3.05, 3.63) is 35.4 Å². The molecule has 1 fully saturated rings. The molecule has 1 aromatic carbocycles. The van der Waals surface area contributed by atoms with Gasteiger partial charge in [-0.15, -0.1) is 0 Å². The van der Waals surface area contributed by atoms with Crippen molar-refractivity contribution in [3.63, 3.8) is 0 Å². The lowest BCUT2D eigenvalue weighted by molar-refractivity contribution is -0.135. The van der Waals surface area contributed by atoms with Crippen LogP contribution in [0.5, 0.6) is 0 Å². The average molecular weight is 327 g/mol. The van der Waals surface area contributed by atoms with Crippen LogP contribution < -0.4 is 5.73 Å². The standard InChI is InChI=1S/C15H19F2N3O3/c1-23-9-12(18)14(21)19-5-7-20(8-6-19)15(22)13-10(16)3-2-4-11(13)17/h2-4,12H,5-9,18H2,1H3. The Morgan fingerprint density at radius 1 is 1.17 bits per heavy atom. The summed E-state index contributed by atoms with van der Waals surface area (Å²) in [6, 6.07) is 2.53. The molecule has 6 nitrogen and oxygen atoms in total. The van der Waals surface area contributed by atoms with Crippen LogP contribution in [-0.2, 0) is 9.53 Å². The normalized spacial score (nSPS) is 16.3. The molecule has 1 atom stereocenters. The van der Waals surface area contributed by atoms with Crippen molar-refractivity contribution in [1.82, 2.24) is 9.80 Å². The van der Waals surface area contributed by atoms with E-state index in [-0.39, 0.29) is 38.7 Å². The van der Waals surface area contributed by atoms with E-state index in [0.29, 0.717) is 0 Å². The fourth-order valence-corrected chi connectivity index (χ4v) is 2.48. The van der Waals surface area contributed by atoms with E-state index in [2.05, 4.69) is 0 Å². The van der Waals surface area contributed by atoms with Crippen molar-refractivity contribution in [1.29, 1.82) is 0 Å². The van der Waals surface area contributed by atoms with Crippen LogP contribution in [0.25, 0.3) is 0 Å². The second kappa shape index (κ2) is 7.47. The van der Waals surface area contributed by atoms with Gasteiger partial charge in [0.25, 0.3) is 5.91 Å². The number of rotatable bonds is 4. The number of hydrogen-bond acceptors (Lipinski definition) is 4. The SMILES string of the molecule is COCC(N)C(=O)N1CCN(C(=O)c2c(F)cccc2F)CC1. The maximum absolute atomic E-state index is 13.7. The molecule has 8 heteroatoms. The summed E-state index contributed by atoms with van der Waals surface area (Å²) in [4.78, 5) is 27.1. The number of nitrogens with two attached hydrogens (primary N) is 1. The number of nitrogens with zero attached hydrogens (tertiary/aromatic N) is 2. The highest BCUT2D eigenvalue weighted by Gasteiger charge is 2.29. The molecule has 1 aromatic rings. The van der Waals surface area contributed by atoms with Crippen LogP contribution >= 0.6 is 0 Å². The second-order valence-electron chi connectivity index (χ2n) is 5.28. The first-order valence-electron chi connectivity index (χ1n) is 7.22. The molecule has 0 spiro atoms. The fourth-order valence-electron chi connectivity index (χ4n) is 2.48. The highest BCUT2D eigenvalue weighted by Crippen LogP contribution is 2.16. The Kier molecular flexibility index (Phi) is 5.62. The smallest absolute Gasteiger partial charge is 0.259 e. The molecule has 1 heterocycles. The number of amides is 2. The number of carbonyl (C=O) groups excluding carboxylic acids is 2. The van der Waals surface area contributed by atoms with Gasteiger partial charge in [0, 0.05) is 33.3 Å². The van der Waals surface area contributed by atoms with E-state index >= 15 is 0 Å². The fraction of sp³-hybridized carbons (Fsp3) is 0.467. The summed E-state index contributed by atoms with van der Waals surface area (Å²) in [6.07, 6.45) is 0. The number of ether oxygens (including phenoxy) is 1. The quantitative estimate of drug-likeness (QED) is 0.858. The summed E-state index contributed by atoms with van der Waals surface area (Å²) < 4.78 is 32.2. The molecule has 23 heavy (non-hydrogen) atoms. The third-order valence-electron chi connectivity index (χ3n) is 3.72. The summed E-state index contributed by atoms with van der Waals surface area (Å²) in [5, 5.41) is 0. The van der Waals surface area contributed by atoms with E-state index < -0.39 is 29.1 Å². The minimum absolute atomic E-state index is 0.110. The Labute approximate surface area is 132 Å². The molecule has 2 rings (SSSR count). The largest absolute Gasteiger partial charge is 0.383 e. The topological polar surface area (TPSA) is 75.9 Å². The second-order valence-corrected chi connectivity index (χ2v) is 5.28. The van der Waals surface area contributed by atoms with E-state index in [1.54, 1.807) is 0 Å². The molecule has 2 amide bonds.